The Morgan fingerprint density at radius 1 is 0.847 bits per heavy atom. The fourth-order valence-electron chi connectivity index (χ4n) is 19.9. The summed E-state index contributed by atoms with van der Waals surface area (Å²) < 4.78 is 6.76. The lowest BCUT2D eigenvalue weighted by Crippen LogP contribution is -2.72. The Bertz CT molecular complexity index is 2420. The van der Waals surface area contributed by atoms with Crippen LogP contribution in [-0.4, -0.2) is 69.9 Å². The maximum atomic E-state index is 15.9. The van der Waals surface area contributed by atoms with Crippen LogP contribution in [0.3, 0.4) is 0 Å². The number of phenolic OH excluding ortho intramolecular Hbond substituents is 1. The minimum atomic E-state index is -0.865. The van der Waals surface area contributed by atoms with Crippen LogP contribution >= 0.6 is 0 Å². The minimum absolute atomic E-state index is 0.00827. The number of nitrogens with two attached hydrogens (primary N) is 1. The van der Waals surface area contributed by atoms with E-state index in [1.165, 1.54) is 43.2 Å². The molecule has 6 saturated carbocycles. The molecule has 7 aliphatic carbocycles. The first kappa shape index (κ1) is 51.0. The highest BCUT2D eigenvalue weighted by Crippen LogP contribution is 2.78. The molecule has 9 heteroatoms. The van der Waals surface area contributed by atoms with Crippen LogP contribution in [0.25, 0.3) is 0 Å². The van der Waals surface area contributed by atoms with Gasteiger partial charge in [0.2, 0.25) is 0 Å². The highest BCUT2D eigenvalue weighted by atomic mass is 16.6. The van der Waals surface area contributed by atoms with E-state index in [1.54, 1.807) is 0 Å². The second-order valence-corrected chi connectivity index (χ2v) is 27.1. The third-order valence-electron chi connectivity index (χ3n) is 23.1. The molecule has 0 spiro atoms. The van der Waals surface area contributed by atoms with Gasteiger partial charge in [-0.05, 0) is 203 Å². The Kier molecular flexibility index (Phi) is 13.4. The summed E-state index contributed by atoms with van der Waals surface area (Å²) >= 11 is 0. The topological polar surface area (TPSA) is 157 Å². The number of epoxide rings is 1. The van der Waals surface area contributed by atoms with Crippen LogP contribution in [-0.2, 0) is 20.9 Å². The number of ether oxygens (including phenoxy) is 1. The molecule has 15 atom stereocenters. The number of Topliss-reactive ketones (excluding diaryl/α,β-unsaturated/α-hetero) is 2. The maximum absolute atomic E-state index is 15.9. The number of benzene rings is 2. The lowest BCUT2D eigenvalue weighted by molar-refractivity contribution is -0.222. The molecule has 72 heavy (non-hydrogen) atoms. The first-order valence-corrected chi connectivity index (χ1v) is 29.3. The number of aliphatic hydroxyl groups is 2. The number of rotatable bonds is 11. The van der Waals surface area contributed by atoms with Crippen LogP contribution in [0.15, 0.2) is 53.6 Å². The van der Waals surface area contributed by atoms with Gasteiger partial charge in [0.25, 0.3) is 0 Å². The Labute approximate surface area is 432 Å². The molecule has 0 unspecified atom stereocenters. The molecule has 0 radical (unpaired) electrons. The zero-order chi connectivity index (χ0) is 50.6. The number of ketones is 2. The molecule has 2 aromatic rings. The summed E-state index contributed by atoms with van der Waals surface area (Å²) in [6, 6.07) is 14.3. The average Bonchev–Trinajstić information content (AvgIpc) is 3.77. The van der Waals surface area contributed by atoms with Crippen molar-refractivity contribution >= 4 is 17.3 Å². The predicted molar refractivity (Wildman–Crippen MR) is 285 cm³/mol. The molecule has 0 bridgehead atoms. The average molecular weight is 986 g/mol. The van der Waals surface area contributed by atoms with Crippen LogP contribution < -0.4 is 16.4 Å². The van der Waals surface area contributed by atoms with Crippen LogP contribution in [0.5, 0.6) is 5.75 Å². The molecule has 0 aromatic heterocycles. The highest BCUT2D eigenvalue weighted by Gasteiger charge is 2.75. The Hall–Kier alpha value is -3.08. The summed E-state index contributed by atoms with van der Waals surface area (Å²) in [6.45, 7) is 12.7. The highest BCUT2D eigenvalue weighted by molar-refractivity contribution is 6.01. The van der Waals surface area contributed by atoms with Gasteiger partial charge in [0.15, 0.2) is 5.78 Å². The van der Waals surface area contributed by atoms with Crippen molar-refractivity contribution < 1.29 is 29.6 Å². The van der Waals surface area contributed by atoms with Crippen molar-refractivity contribution in [1.29, 1.82) is 0 Å². The largest absolute Gasteiger partial charge is 0.508 e. The monoisotopic (exact) mass is 986 g/mol. The zero-order valence-corrected chi connectivity index (χ0v) is 45.0. The second kappa shape index (κ2) is 18.9. The summed E-state index contributed by atoms with van der Waals surface area (Å²) in [6.07, 6.45) is 20.7. The van der Waals surface area contributed by atoms with E-state index in [0.29, 0.717) is 67.6 Å². The third kappa shape index (κ3) is 8.23. The summed E-state index contributed by atoms with van der Waals surface area (Å²) in [4.78, 5) is 31.6. The lowest BCUT2D eigenvalue weighted by atomic mass is 9.31. The van der Waals surface area contributed by atoms with Crippen LogP contribution in [0.4, 0.5) is 5.69 Å². The van der Waals surface area contributed by atoms with Crippen LogP contribution in [0.2, 0.25) is 0 Å². The lowest BCUT2D eigenvalue weighted by Gasteiger charge is -2.73. The van der Waals surface area contributed by atoms with E-state index in [4.69, 9.17) is 10.5 Å². The van der Waals surface area contributed by atoms with Crippen molar-refractivity contribution in [2.45, 2.75) is 224 Å². The molecule has 0 amide bonds. The van der Waals surface area contributed by atoms with Crippen molar-refractivity contribution in [3.63, 3.8) is 0 Å². The van der Waals surface area contributed by atoms with Crippen LogP contribution in [0, 0.1) is 57.2 Å². The Balaban J connectivity index is 0.999. The molecule has 11 rings (SSSR count). The smallest absolute Gasteiger partial charge is 0.160 e. The number of hydrogen-bond acceptors (Lipinski definition) is 9. The van der Waals surface area contributed by atoms with Crippen LogP contribution in [0.1, 0.15) is 204 Å². The molecule has 7 N–H and O–H groups in total. The fraction of sp³-hybridized carbons (Fsp3) is 0.746. The van der Waals surface area contributed by atoms with E-state index in [1.807, 2.05) is 32.2 Å². The molecule has 9 aliphatic rings. The van der Waals surface area contributed by atoms with Crippen molar-refractivity contribution in [2.24, 2.45) is 57.2 Å². The van der Waals surface area contributed by atoms with E-state index >= 15 is 9.59 Å². The molecule has 2 aliphatic heterocycles. The number of phenols is 1. The standard InChI is InChI=1S/C63H91N3O6/c1-58(71)26-12-13-27-59(2)55-50(66-37-58)34-61(4)53(63(55,42-19-10-11-20-42)33-47(56(59)70)41-28-38(36-65-6)29-44(67)31-41)25-24-49-54(52(69)35-60(49,61)3)46(39-16-8-7-9-17-39)32-51(68)57-62(5,72-57)48-23-15-22-45(48)40-18-14-21-43(64)30-40/h14,18,21,28-31,39,42,45-48,50-51,53,55,57,65-68,71H,7-13,15-17,19-20,22-27,32-37,64H2,1-6H3/t45-,46+,47-,48-,50+,51-,53+,55+,57-,58-,59-,60+,61+,62-,63-/m1/s1. The first-order chi connectivity index (χ1) is 34.4. The molecule has 8 fully saturated rings. The molecule has 2 heterocycles. The maximum Gasteiger partial charge on any atom is 0.160 e. The molecule has 394 valence electrons. The van der Waals surface area contributed by atoms with Gasteiger partial charge in [0, 0.05) is 48.0 Å². The summed E-state index contributed by atoms with van der Waals surface area (Å²) in [5.41, 5.74) is 10.0. The van der Waals surface area contributed by atoms with Gasteiger partial charge in [0.05, 0.1) is 17.3 Å². The minimum Gasteiger partial charge on any atom is -0.508 e. The Morgan fingerprint density at radius 2 is 1.60 bits per heavy atom. The number of aliphatic hydroxyl groups excluding tert-OH is 1. The molecule has 2 aromatic carbocycles. The normalized spacial score (nSPS) is 42.5. The second-order valence-electron chi connectivity index (χ2n) is 27.1. The van der Waals surface area contributed by atoms with Gasteiger partial charge in [-0.25, -0.2) is 0 Å². The van der Waals surface area contributed by atoms with E-state index in [9.17, 15) is 15.3 Å². The number of hydrogen-bond donors (Lipinski definition) is 6. The van der Waals surface area contributed by atoms with Crippen molar-refractivity contribution in [3.8, 4) is 5.75 Å². The van der Waals surface area contributed by atoms with Crippen molar-refractivity contribution in [3.05, 3.63) is 70.3 Å². The van der Waals surface area contributed by atoms with Gasteiger partial charge in [-0.2, -0.15) is 0 Å². The quantitative estimate of drug-likeness (QED) is 0.0952. The van der Waals surface area contributed by atoms with E-state index in [2.05, 4.69) is 62.6 Å². The molecular weight excluding hydrogens is 895 g/mol. The number of anilines is 1. The van der Waals surface area contributed by atoms with E-state index in [-0.39, 0.29) is 52.4 Å². The molecule has 9 nitrogen and oxygen atoms in total. The number of β-amino-alcohol motifs (C(OH)–C–C–N with tert-alkyl or cyclic N) is 1. The zero-order valence-electron chi connectivity index (χ0n) is 45.0. The molecule has 2 saturated heterocycles. The van der Waals surface area contributed by atoms with Gasteiger partial charge in [-0.15, -0.1) is 0 Å². The fourth-order valence-corrected chi connectivity index (χ4v) is 19.9. The van der Waals surface area contributed by atoms with E-state index < -0.39 is 28.1 Å². The number of carbonyl (C=O) groups is 2. The van der Waals surface area contributed by atoms with Gasteiger partial charge in [0.1, 0.15) is 17.6 Å². The van der Waals surface area contributed by atoms with E-state index in [0.717, 1.165) is 112 Å². The number of aromatic hydroxyl groups is 1. The third-order valence-corrected chi connectivity index (χ3v) is 23.1. The predicted octanol–water partition coefficient (Wildman–Crippen LogP) is 11.6. The number of nitrogen functional groups attached to an aromatic ring is 1. The number of allylic oxidation sites excluding steroid dienone is 2. The SMILES string of the molecule is CNCc1cc(O)cc([C@H]2C[C@]3(C4CCCC4)[C@H]4[C@H](C[C@@]5(C)[C@@H]3CCC3=C([C@@H](C[C@@H](O)[C@H]6O[C@]6(C)[C@@H]6CCC[C@@H]6c6cccc(N)c6)C6CCCCC6)C(=O)C[C@@]35C)NC[C@](C)(O)CCCC[C@@]4(C)C2=O)c1. The van der Waals surface area contributed by atoms with Gasteiger partial charge in [-0.1, -0.05) is 95.9 Å². The first-order valence-electron chi connectivity index (χ1n) is 29.3. The summed E-state index contributed by atoms with van der Waals surface area (Å²) in [7, 11) is 1.93. The number of carbonyl (C=O) groups excluding carboxylic acids is 2. The summed E-state index contributed by atoms with van der Waals surface area (Å²) in [5, 5.41) is 43.3. The van der Waals surface area contributed by atoms with Crippen molar-refractivity contribution in [1.82, 2.24) is 10.6 Å². The number of fused-ring (bicyclic) bond motifs is 4. The number of nitrogens with one attached hydrogen (secondary N) is 2. The van der Waals surface area contributed by atoms with Gasteiger partial charge < -0.3 is 36.4 Å². The summed E-state index contributed by atoms with van der Waals surface area (Å²) in [5.74, 6) is 2.34. The Morgan fingerprint density at radius 3 is 2.35 bits per heavy atom. The van der Waals surface area contributed by atoms with Crippen molar-refractivity contribution in [2.75, 3.05) is 19.3 Å². The van der Waals surface area contributed by atoms with Gasteiger partial charge in [-0.3, -0.25) is 9.59 Å². The molecular formula is C63H91N3O6. The van der Waals surface area contributed by atoms with Gasteiger partial charge >= 0.3 is 0 Å².